The van der Waals surface area contributed by atoms with E-state index in [1.165, 1.54) is 11.3 Å². The van der Waals surface area contributed by atoms with Gasteiger partial charge in [-0.3, -0.25) is 33.6 Å². The summed E-state index contributed by atoms with van der Waals surface area (Å²) in [6, 6.07) is 31.9. The monoisotopic (exact) mass is 870 g/mol. The fourth-order valence-electron chi connectivity index (χ4n) is 7.08. The molecule has 63 heavy (non-hydrogen) atoms. The highest BCUT2D eigenvalue weighted by molar-refractivity contribution is 7.09. The van der Waals surface area contributed by atoms with Crippen molar-refractivity contribution < 1.29 is 38.7 Å². The van der Waals surface area contributed by atoms with Crippen LogP contribution >= 0.6 is 11.3 Å². The van der Waals surface area contributed by atoms with Crippen LogP contribution in [0.25, 0.3) is 11.1 Å². The number of hydrogen-bond donors (Lipinski definition) is 7. The molecule has 0 fully saturated rings. The topological polar surface area (TPSA) is 212 Å². The van der Waals surface area contributed by atoms with Gasteiger partial charge in [0.05, 0.1) is 0 Å². The first kappa shape index (κ1) is 45.4. The number of anilines is 1. The molecule has 0 saturated carbocycles. The third kappa shape index (κ3) is 14.2. The first-order chi connectivity index (χ1) is 30.5. The van der Waals surface area contributed by atoms with E-state index in [9.17, 15) is 33.6 Å². The van der Waals surface area contributed by atoms with Gasteiger partial charge in [0.25, 0.3) is 0 Å². The molecule has 7 rings (SSSR count). The zero-order valence-corrected chi connectivity index (χ0v) is 35.3. The number of rotatable bonds is 12. The predicted molar refractivity (Wildman–Crippen MR) is 239 cm³/mol. The summed E-state index contributed by atoms with van der Waals surface area (Å²) < 4.78 is 0. The number of carbonyl (C=O) groups is 7. The Kier molecular flexibility index (Phi) is 16.3. The Balaban J connectivity index is 1.34. The van der Waals surface area contributed by atoms with Gasteiger partial charge in [0, 0.05) is 62.1 Å². The lowest BCUT2D eigenvalue weighted by molar-refractivity contribution is -0.137. The Morgan fingerprint density at radius 2 is 1.17 bits per heavy atom. The van der Waals surface area contributed by atoms with Crippen LogP contribution in [0.1, 0.15) is 47.3 Å². The van der Waals surface area contributed by atoms with E-state index < -0.39 is 65.6 Å². The molecule has 0 radical (unpaired) electrons. The maximum atomic E-state index is 14.6. The van der Waals surface area contributed by atoms with Crippen molar-refractivity contribution in [2.24, 2.45) is 0 Å². The molecule has 5 aromatic rings. The largest absolute Gasteiger partial charge is 0.481 e. The van der Waals surface area contributed by atoms with Gasteiger partial charge in [-0.25, -0.2) is 0 Å². The smallest absolute Gasteiger partial charge is 0.303 e. The summed E-state index contributed by atoms with van der Waals surface area (Å²) in [5, 5.41) is 27.8. The summed E-state index contributed by atoms with van der Waals surface area (Å²) in [6.45, 7) is 0.0468. The highest BCUT2D eigenvalue weighted by Gasteiger charge is 2.32. The number of carboxylic acid groups (broad SMARTS) is 1. The Bertz CT molecular complexity index is 2340. The van der Waals surface area contributed by atoms with Gasteiger partial charge < -0.3 is 37.0 Å². The number of nitrogens with one attached hydrogen (secondary N) is 6. The Morgan fingerprint density at radius 3 is 1.79 bits per heavy atom. The van der Waals surface area contributed by atoms with E-state index in [-0.39, 0.29) is 57.9 Å². The van der Waals surface area contributed by atoms with Gasteiger partial charge in [0.2, 0.25) is 35.4 Å². The maximum Gasteiger partial charge on any atom is 0.303 e. The molecule has 6 amide bonds. The minimum Gasteiger partial charge on any atom is -0.481 e. The first-order valence-electron chi connectivity index (χ1n) is 20.8. The zero-order chi connectivity index (χ0) is 44.6. The lowest BCUT2D eigenvalue weighted by atomic mass is 9.99. The molecule has 0 saturated heterocycles. The highest BCUT2D eigenvalue weighted by Crippen LogP contribution is 2.21. The number of amides is 6. The van der Waals surface area contributed by atoms with Crippen LogP contribution in [0.2, 0.25) is 0 Å². The summed E-state index contributed by atoms with van der Waals surface area (Å²) in [5.74, 6) is -4.54. The molecule has 7 N–H and O–H groups in total. The van der Waals surface area contributed by atoms with E-state index in [1.54, 1.807) is 48.5 Å². The van der Waals surface area contributed by atoms with Crippen molar-refractivity contribution in [1.82, 2.24) is 26.6 Å². The molecule has 3 heterocycles. The Morgan fingerprint density at radius 1 is 0.603 bits per heavy atom. The molecule has 4 aromatic carbocycles. The fourth-order valence-corrected chi connectivity index (χ4v) is 7.84. The molecule has 2 bridgehead atoms. The minimum absolute atomic E-state index is 0.0141. The first-order valence-corrected chi connectivity index (χ1v) is 21.7. The van der Waals surface area contributed by atoms with Crippen molar-refractivity contribution in [2.45, 2.75) is 75.5 Å². The van der Waals surface area contributed by atoms with Gasteiger partial charge in [-0.1, -0.05) is 103 Å². The van der Waals surface area contributed by atoms with E-state index in [0.717, 1.165) is 16.0 Å². The molecule has 2 aliphatic rings. The number of carbonyl (C=O) groups excluding carboxylic acids is 6. The number of benzene rings is 4. The third-order valence-corrected chi connectivity index (χ3v) is 11.3. The van der Waals surface area contributed by atoms with Crippen LogP contribution in [-0.2, 0) is 59.2 Å². The molecular weight excluding hydrogens is 821 g/mol. The quantitative estimate of drug-likeness (QED) is 0.0707. The van der Waals surface area contributed by atoms with Crippen molar-refractivity contribution in [1.29, 1.82) is 0 Å². The van der Waals surface area contributed by atoms with E-state index in [2.05, 4.69) is 31.9 Å². The van der Waals surface area contributed by atoms with Gasteiger partial charge in [0.1, 0.15) is 24.2 Å². The molecule has 1 aromatic heterocycles. The number of hydrogen-bond acceptors (Lipinski definition) is 8. The van der Waals surface area contributed by atoms with Crippen LogP contribution in [0.4, 0.5) is 5.69 Å². The lowest BCUT2D eigenvalue weighted by Gasteiger charge is -2.27. The molecular formula is C48H50N6O8S. The molecule has 1 unspecified atom stereocenters. The summed E-state index contributed by atoms with van der Waals surface area (Å²) in [7, 11) is 0. The van der Waals surface area contributed by atoms with Gasteiger partial charge in [-0.05, 0) is 57.8 Å². The molecule has 0 aliphatic carbocycles. The molecule has 4 atom stereocenters. The normalized spacial score (nSPS) is 19.0. The van der Waals surface area contributed by atoms with Crippen LogP contribution in [0.5, 0.6) is 0 Å². The van der Waals surface area contributed by atoms with Gasteiger partial charge in [-0.15, -0.1) is 11.3 Å². The number of carboxylic acids is 1. The van der Waals surface area contributed by atoms with Gasteiger partial charge in [0.15, 0.2) is 0 Å². The molecule has 15 heteroatoms. The number of fused-ring (bicyclic) bond motifs is 18. The summed E-state index contributed by atoms with van der Waals surface area (Å²) in [5.41, 5.74) is 4.44. The van der Waals surface area contributed by atoms with Crippen molar-refractivity contribution in [3.63, 3.8) is 0 Å². The molecule has 14 nitrogen and oxygen atoms in total. The zero-order valence-electron chi connectivity index (χ0n) is 34.5. The SMILES string of the molecule is O=C(O)CCCNC(=O)[C@@H]1Cc2ccc(cc2)NC(=O)CCC(=O)NC(Cc2cccs2)C(=O)N[C@@H](Cc2ccc(-c3ccccc3)cc2)C(=O)N[C@H](Cc2ccccc2)C(=O)N1. The molecule has 2 aliphatic heterocycles. The van der Waals surface area contributed by atoms with E-state index >= 15 is 0 Å². The van der Waals surface area contributed by atoms with Crippen molar-refractivity contribution in [2.75, 3.05) is 11.9 Å². The van der Waals surface area contributed by atoms with Crippen LogP contribution < -0.4 is 31.9 Å². The van der Waals surface area contributed by atoms with Crippen LogP contribution in [0.15, 0.2) is 127 Å². The van der Waals surface area contributed by atoms with Gasteiger partial charge in [-0.2, -0.15) is 0 Å². The van der Waals surface area contributed by atoms with E-state index in [1.807, 2.05) is 78.2 Å². The number of aliphatic carboxylic acids is 1. The van der Waals surface area contributed by atoms with E-state index in [4.69, 9.17) is 5.11 Å². The average molecular weight is 871 g/mol. The van der Waals surface area contributed by atoms with Gasteiger partial charge >= 0.3 is 5.97 Å². The van der Waals surface area contributed by atoms with Crippen LogP contribution in [0, 0.1) is 0 Å². The Labute approximate surface area is 369 Å². The third-order valence-electron chi connectivity index (χ3n) is 10.4. The minimum atomic E-state index is -1.24. The van der Waals surface area contributed by atoms with E-state index in [0.29, 0.717) is 22.4 Å². The fraction of sp³-hybridized carbons (Fsp3) is 0.271. The summed E-state index contributed by atoms with van der Waals surface area (Å²) in [4.78, 5) is 95.2. The average Bonchev–Trinajstić information content (AvgIpc) is 3.80. The van der Waals surface area contributed by atoms with Crippen molar-refractivity contribution in [3.8, 4) is 11.1 Å². The lowest BCUT2D eigenvalue weighted by Crippen LogP contribution is -2.59. The molecule has 326 valence electrons. The molecule has 0 spiro atoms. The Hall–Kier alpha value is -7.13. The predicted octanol–water partition coefficient (Wildman–Crippen LogP) is 4.34. The van der Waals surface area contributed by atoms with Crippen LogP contribution in [-0.4, -0.2) is 77.2 Å². The summed E-state index contributed by atoms with van der Waals surface area (Å²) in [6.07, 6.45) is -0.207. The van der Waals surface area contributed by atoms with Crippen molar-refractivity contribution in [3.05, 3.63) is 148 Å². The highest BCUT2D eigenvalue weighted by atomic mass is 32.1. The number of thiophene rings is 1. The maximum absolute atomic E-state index is 14.6. The summed E-state index contributed by atoms with van der Waals surface area (Å²) >= 11 is 1.40. The van der Waals surface area contributed by atoms with Crippen molar-refractivity contribution >= 4 is 58.4 Å². The second kappa shape index (κ2) is 22.6. The standard InChI is InChI=1S/C48H50N6O8S/c55-42-23-24-43(56)51-41(30-37-13-8-26-63-37)48(62)54-40(29-32-15-19-35(20-16-32)34-11-5-2-6-12-34)47(61)53-39(27-31-9-3-1-4-10-31)46(60)52-38(45(59)49-25-7-14-44(57)58)28-33-17-21-36(50-42)22-18-33/h1-6,8-13,15-22,26,38-41H,7,14,23-25,27-30H2,(H,49,59)(H,50,55)(H,51,56)(H,52,60)(H,53,61)(H,54,62)(H,57,58)/t38-,39+,40-,41?/m0/s1. The second-order valence-corrected chi connectivity index (χ2v) is 16.3. The van der Waals surface area contributed by atoms with Crippen LogP contribution in [0.3, 0.4) is 0 Å². The second-order valence-electron chi connectivity index (χ2n) is 15.3.